The van der Waals surface area contributed by atoms with E-state index in [2.05, 4.69) is 78.6 Å². The van der Waals surface area contributed by atoms with Crippen molar-refractivity contribution in [2.24, 2.45) is 46.3 Å². The molecular formula is C37H66N2O2. The summed E-state index contributed by atoms with van der Waals surface area (Å²) >= 11 is 0. The van der Waals surface area contributed by atoms with Crippen LogP contribution >= 0.6 is 0 Å². The van der Waals surface area contributed by atoms with Gasteiger partial charge >= 0.3 is 6.09 Å². The molecule has 41 heavy (non-hydrogen) atoms. The lowest BCUT2D eigenvalue weighted by Gasteiger charge is -2.58. The van der Waals surface area contributed by atoms with E-state index in [-0.39, 0.29) is 12.2 Å². The second-order valence-electron chi connectivity index (χ2n) is 16.3. The van der Waals surface area contributed by atoms with Crippen molar-refractivity contribution < 1.29 is 9.53 Å². The number of ether oxygens (including phenoxy) is 1. The number of amides is 1. The molecule has 3 fully saturated rings. The van der Waals surface area contributed by atoms with Crippen molar-refractivity contribution in [2.45, 2.75) is 158 Å². The van der Waals surface area contributed by atoms with E-state index in [1.165, 1.54) is 57.8 Å². The molecule has 3 saturated carbocycles. The van der Waals surface area contributed by atoms with Gasteiger partial charge in [-0.1, -0.05) is 65.5 Å². The molecule has 0 aromatic carbocycles. The number of nitrogens with one attached hydrogen (secondary N) is 1. The molecule has 0 aliphatic heterocycles. The average Bonchev–Trinajstić information content (AvgIpc) is 3.25. The summed E-state index contributed by atoms with van der Waals surface area (Å²) in [4.78, 5) is 15.1. The molecule has 0 aromatic rings. The number of hydrogen-bond donors (Lipinski definition) is 1. The molecule has 236 valence electrons. The molecule has 0 heterocycles. The first-order valence-corrected chi connectivity index (χ1v) is 17.8. The van der Waals surface area contributed by atoms with Crippen molar-refractivity contribution in [2.75, 3.05) is 13.1 Å². The van der Waals surface area contributed by atoms with E-state index in [9.17, 15) is 4.79 Å². The van der Waals surface area contributed by atoms with Crippen LogP contribution in [-0.4, -0.2) is 42.3 Å². The van der Waals surface area contributed by atoms with Gasteiger partial charge in [-0.25, -0.2) is 4.79 Å². The molecule has 1 N–H and O–H groups in total. The number of carbonyl (C=O) groups is 1. The van der Waals surface area contributed by atoms with Gasteiger partial charge in [-0.15, -0.1) is 0 Å². The molecule has 1 unspecified atom stereocenters. The molecular weight excluding hydrogens is 504 g/mol. The predicted octanol–water partition coefficient (Wildman–Crippen LogP) is 9.63. The van der Waals surface area contributed by atoms with Crippen LogP contribution in [0.25, 0.3) is 0 Å². The third-order valence-corrected chi connectivity index (χ3v) is 12.7. The van der Waals surface area contributed by atoms with Gasteiger partial charge in [-0.2, -0.15) is 0 Å². The normalized spacial score (nSPS) is 35.7. The van der Waals surface area contributed by atoms with Gasteiger partial charge in [0.1, 0.15) is 6.10 Å². The Hall–Kier alpha value is -1.03. The van der Waals surface area contributed by atoms with E-state index in [0.29, 0.717) is 29.5 Å². The highest BCUT2D eigenvalue weighted by molar-refractivity contribution is 5.67. The Morgan fingerprint density at radius 1 is 0.951 bits per heavy atom. The standard InChI is InChI=1S/C37H66N2O2/c1-25(2)12-10-13-28(7)32-16-17-33-31-15-14-29-24-30(18-20-36(29,8)34(31)19-21-37(32,33)9)41-35(40)38-22-11-23-39(26(3)4)27(5)6/h14,25-28,30-34H,10-13,15-24H2,1-9H3,(H,38,40)/t28-,30+,31+,32-,33+,34?,36+,37-/m1/s1. The molecule has 8 atom stereocenters. The fourth-order valence-electron chi connectivity index (χ4n) is 10.5. The van der Waals surface area contributed by atoms with Crippen LogP contribution in [0.5, 0.6) is 0 Å². The SMILES string of the molecule is CC(C)CCC[C@@H](C)[C@H]1CC[C@H]2[C@@H]3CC=C4C[C@@H](OC(=O)NCCCN(C(C)C)C(C)C)CC[C@]4(C)C3CC[C@]12C. The highest BCUT2D eigenvalue weighted by Crippen LogP contribution is 2.67. The molecule has 4 nitrogen and oxygen atoms in total. The van der Waals surface area contributed by atoms with E-state index in [4.69, 9.17) is 4.74 Å². The Balaban J connectivity index is 1.29. The van der Waals surface area contributed by atoms with Crippen molar-refractivity contribution >= 4 is 6.09 Å². The minimum absolute atomic E-state index is 0.0325. The van der Waals surface area contributed by atoms with Crippen molar-refractivity contribution in [3.05, 3.63) is 11.6 Å². The van der Waals surface area contributed by atoms with Crippen LogP contribution in [0.15, 0.2) is 11.6 Å². The first-order chi connectivity index (χ1) is 19.4. The fraction of sp³-hybridized carbons (Fsp3) is 0.919. The van der Waals surface area contributed by atoms with Gasteiger partial charge in [0, 0.05) is 31.6 Å². The lowest BCUT2D eigenvalue weighted by atomic mass is 9.47. The third-order valence-electron chi connectivity index (χ3n) is 12.7. The molecule has 4 aliphatic rings. The van der Waals surface area contributed by atoms with Gasteiger partial charge < -0.3 is 10.1 Å². The Kier molecular flexibility index (Phi) is 11.0. The monoisotopic (exact) mass is 571 g/mol. The van der Waals surface area contributed by atoms with E-state index in [0.717, 1.165) is 61.3 Å². The maximum Gasteiger partial charge on any atom is 0.407 e. The molecule has 0 bridgehead atoms. The van der Waals surface area contributed by atoms with Crippen LogP contribution in [0.4, 0.5) is 4.79 Å². The summed E-state index contributed by atoms with van der Waals surface area (Å²) in [5.74, 6) is 5.19. The van der Waals surface area contributed by atoms with Gasteiger partial charge in [0.2, 0.25) is 0 Å². The van der Waals surface area contributed by atoms with Crippen LogP contribution in [0, 0.1) is 46.3 Å². The largest absolute Gasteiger partial charge is 0.446 e. The summed E-state index contributed by atoms with van der Waals surface area (Å²) in [5, 5.41) is 3.04. The van der Waals surface area contributed by atoms with Gasteiger partial charge in [-0.3, -0.25) is 4.90 Å². The summed E-state index contributed by atoms with van der Waals surface area (Å²) < 4.78 is 5.99. The van der Waals surface area contributed by atoms with Gasteiger partial charge in [0.25, 0.3) is 0 Å². The quantitative estimate of drug-likeness (QED) is 0.188. The summed E-state index contributed by atoms with van der Waals surface area (Å²) in [7, 11) is 0. The maximum atomic E-state index is 12.7. The fourth-order valence-corrected chi connectivity index (χ4v) is 10.5. The van der Waals surface area contributed by atoms with Crippen molar-refractivity contribution in [1.29, 1.82) is 0 Å². The van der Waals surface area contributed by atoms with Gasteiger partial charge in [0.15, 0.2) is 0 Å². The van der Waals surface area contributed by atoms with Crippen LogP contribution < -0.4 is 5.32 Å². The maximum absolute atomic E-state index is 12.7. The summed E-state index contributed by atoms with van der Waals surface area (Å²) in [5.41, 5.74) is 2.45. The van der Waals surface area contributed by atoms with E-state index < -0.39 is 0 Å². The number of alkyl carbamates (subject to hydrolysis) is 1. The highest BCUT2D eigenvalue weighted by atomic mass is 16.6. The summed E-state index contributed by atoms with van der Waals surface area (Å²) in [6.45, 7) is 23.2. The zero-order chi connectivity index (χ0) is 29.9. The molecule has 0 aromatic heterocycles. The number of hydrogen-bond acceptors (Lipinski definition) is 3. The van der Waals surface area contributed by atoms with Crippen LogP contribution in [0.1, 0.15) is 139 Å². The second-order valence-corrected chi connectivity index (χ2v) is 16.3. The number of allylic oxidation sites excluding steroid dienone is 1. The second kappa shape index (κ2) is 13.7. The van der Waals surface area contributed by atoms with Crippen molar-refractivity contribution in [3.63, 3.8) is 0 Å². The van der Waals surface area contributed by atoms with Crippen molar-refractivity contribution in [1.82, 2.24) is 10.2 Å². The smallest absolute Gasteiger partial charge is 0.407 e. The number of fused-ring (bicyclic) bond motifs is 5. The van der Waals surface area contributed by atoms with Gasteiger partial charge in [-0.05, 0) is 125 Å². The molecule has 4 aliphatic carbocycles. The van der Waals surface area contributed by atoms with Crippen LogP contribution in [-0.2, 0) is 4.74 Å². The molecule has 1 amide bonds. The Labute approximate surface area is 254 Å². The third kappa shape index (κ3) is 7.21. The summed E-state index contributed by atoms with van der Waals surface area (Å²) in [6, 6.07) is 1.05. The summed E-state index contributed by atoms with van der Waals surface area (Å²) in [6.07, 6.45) is 17.7. The topological polar surface area (TPSA) is 41.6 Å². The Morgan fingerprint density at radius 2 is 1.68 bits per heavy atom. The molecule has 0 spiro atoms. The molecule has 0 radical (unpaired) electrons. The van der Waals surface area contributed by atoms with E-state index in [1.807, 2.05) is 0 Å². The van der Waals surface area contributed by atoms with E-state index in [1.54, 1.807) is 5.57 Å². The highest BCUT2D eigenvalue weighted by Gasteiger charge is 2.59. The van der Waals surface area contributed by atoms with E-state index >= 15 is 0 Å². The lowest BCUT2D eigenvalue weighted by molar-refractivity contribution is -0.0581. The van der Waals surface area contributed by atoms with Crippen LogP contribution in [0.3, 0.4) is 0 Å². The molecule has 4 rings (SSSR count). The minimum Gasteiger partial charge on any atom is -0.446 e. The first kappa shape index (κ1) is 32.9. The van der Waals surface area contributed by atoms with Crippen molar-refractivity contribution in [3.8, 4) is 0 Å². The molecule has 0 saturated heterocycles. The zero-order valence-corrected chi connectivity index (χ0v) is 28.4. The lowest BCUT2D eigenvalue weighted by Crippen LogP contribution is -2.51. The molecule has 4 heteroatoms. The predicted molar refractivity (Wildman–Crippen MR) is 173 cm³/mol. The minimum atomic E-state index is -0.221. The number of carbonyl (C=O) groups excluding carboxylic acids is 1. The number of nitrogens with zero attached hydrogens (tertiary/aromatic N) is 1. The Bertz CT molecular complexity index is 887. The zero-order valence-electron chi connectivity index (χ0n) is 28.4. The van der Waals surface area contributed by atoms with Crippen LogP contribution in [0.2, 0.25) is 0 Å². The van der Waals surface area contributed by atoms with Gasteiger partial charge in [0.05, 0.1) is 0 Å². The Morgan fingerprint density at radius 3 is 2.37 bits per heavy atom. The average molecular weight is 571 g/mol. The number of rotatable bonds is 12. The first-order valence-electron chi connectivity index (χ1n) is 17.8.